The Morgan fingerprint density at radius 3 is 2.10 bits per heavy atom. The molecule has 1 unspecified atom stereocenters. The Labute approximate surface area is 124 Å². The molecule has 1 aliphatic rings. The summed E-state index contributed by atoms with van der Waals surface area (Å²) in [4.78, 5) is 35.9. The molecule has 0 aliphatic carbocycles. The van der Waals surface area contributed by atoms with Gasteiger partial charge in [0.25, 0.3) is 0 Å². The third-order valence-electron chi connectivity index (χ3n) is 2.74. The second-order valence-electron chi connectivity index (χ2n) is 5.96. The van der Waals surface area contributed by atoms with Crippen molar-refractivity contribution in [3.05, 3.63) is 0 Å². The maximum atomic E-state index is 12.2. The lowest BCUT2D eigenvalue weighted by Crippen LogP contribution is -2.55. The highest BCUT2D eigenvalue weighted by atomic mass is 16.6. The third kappa shape index (κ3) is 5.61. The number of rotatable bonds is 2. The van der Waals surface area contributed by atoms with Gasteiger partial charge in [-0.3, -0.25) is 14.5 Å². The standard InChI is InChI=1S/C14H23NO6/c1-9(16)19-11-7-6-8-15(12(11)20-10(2)17)13(18)21-14(3,4)5/h11-12H,6-8H2,1-5H3/t11-,12?/m1/s1. The quantitative estimate of drug-likeness (QED) is 0.572. The minimum Gasteiger partial charge on any atom is -0.456 e. The van der Waals surface area contributed by atoms with Gasteiger partial charge >= 0.3 is 18.0 Å². The van der Waals surface area contributed by atoms with Gasteiger partial charge in [-0.1, -0.05) is 0 Å². The van der Waals surface area contributed by atoms with Crippen LogP contribution in [0.2, 0.25) is 0 Å². The Hall–Kier alpha value is -1.79. The van der Waals surface area contributed by atoms with Crippen LogP contribution >= 0.6 is 0 Å². The lowest BCUT2D eigenvalue weighted by Gasteiger charge is -2.39. The number of esters is 2. The Morgan fingerprint density at radius 1 is 1.05 bits per heavy atom. The fourth-order valence-corrected chi connectivity index (χ4v) is 2.09. The molecule has 0 bridgehead atoms. The number of hydrogen-bond donors (Lipinski definition) is 0. The van der Waals surface area contributed by atoms with Crippen molar-refractivity contribution >= 4 is 18.0 Å². The molecule has 1 saturated heterocycles. The number of amides is 1. The number of hydrogen-bond acceptors (Lipinski definition) is 6. The summed E-state index contributed by atoms with van der Waals surface area (Å²) in [5.41, 5.74) is -0.660. The molecule has 21 heavy (non-hydrogen) atoms. The Morgan fingerprint density at radius 2 is 1.62 bits per heavy atom. The molecule has 0 spiro atoms. The number of likely N-dealkylation sites (tertiary alicyclic amines) is 1. The minimum absolute atomic E-state index is 0.380. The maximum absolute atomic E-state index is 12.2. The Kier molecular flexibility index (Phi) is 5.57. The second-order valence-corrected chi connectivity index (χ2v) is 5.96. The number of piperidine rings is 1. The van der Waals surface area contributed by atoms with Crippen molar-refractivity contribution in [1.82, 2.24) is 4.90 Å². The second kappa shape index (κ2) is 6.78. The van der Waals surface area contributed by atoms with Crippen LogP contribution in [0.5, 0.6) is 0 Å². The van der Waals surface area contributed by atoms with Crippen LogP contribution in [0.25, 0.3) is 0 Å². The van der Waals surface area contributed by atoms with Crippen molar-refractivity contribution in [2.45, 2.75) is 65.4 Å². The van der Waals surface area contributed by atoms with Gasteiger partial charge in [-0.25, -0.2) is 4.79 Å². The lowest BCUT2D eigenvalue weighted by atomic mass is 10.1. The molecule has 0 aromatic heterocycles. The monoisotopic (exact) mass is 301 g/mol. The predicted molar refractivity (Wildman–Crippen MR) is 73.3 cm³/mol. The zero-order valence-corrected chi connectivity index (χ0v) is 13.2. The van der Waals surface area contributed by atoms with Crippen LogP contribution in [-0.2, 0) is 23.8 Å². The van der Waals surface area contributed by atoms with Crippen LogP contribution in [0.15, 0.2) is 0 Å². The smallest absolute Gasteiger partial charge is 0.413 e. The zero-order valence-electron chi connectivity index (χ0n) is 13.2. The van der Waals surface area contributed by atoms with Gasteiger partial charge in [-0.05, 0) is 33.6 Å². The van der Waals surface area contributed by atoms with E-state index >= 15 is 0 Å². The SMILES string of the molecule is CC(=O)OC1[C@H](OC(C)=O)CCCN1C(=O)OC(C)(C)C. The van der Waals surface area contributed by atoms with Crippen LogP contribution in [0.4, 0.5) is 4.79 Å². The highest BCUT2D eigenvalue weighted by Gasteiger charge is 2.40. The van der Waals surface area contributed by atoms with E-state index in [0.29, 0.717) is 19.4 Å². The summed E-state index contributed by atoms with van der Waals surface area (Å²) in [5, 5.41) is 0. The number of carbonyl (C=O) groups excluding carboxylic acids is 3. The van der Waals surface area contributed by atoms with Gasteiger partial charge in [0.2, 0.25) is 6.23 Å². The van der Waals surface area contributed by atoms with E-state index in [1.807, 2.05) is 0 Å². The molecule has 2 atom stereocenters. The molecule has 0 N–H and O–H groups in total. The van der Waals surface area contributed by atoms with Gasteiger partial charge in [0.1, 0.15) is 5.60 Å². The predicted octanol–water partition coefficient (Wildman–Crippen LogP) is 1.84. The van der Waals surface area contributed by atoms with Gasteiger partial charge in [0.15, 0.2) is 6.10 Å². The van der Waals surface area contributed by atoms with Crippen molar-refractivity contribution in [3.63, 3.8) is 0 Å². The molecular formula is C14H23NO6. The van der Waals surface area contributed by atoms with Crippen LogP contribution < -0.4 is 0 Å². The minimum atomic E-state index is -0.949. The molecule has 0 aromatic carbocycles. The topological polar surface area (TPSA) is 82.1 Å². The van der Waals surface area contributed by atoms with Crippen LogP contribution in [-0.4, -0.2) is 47.4 Å². The normalized spacial score (nSPS) is 22.4. The van der Waals surface area contributed by atoms with Crippen LogP contribution in [0, 0.1) is 0 Å². The summed E-state index contributed by atoms with van der Waals surface area (Å²) in [7, 11) is 0. The summed E-state index contributed by atoms with van der Waals surface area (Å²) in [6, 6.07) is 0. The first-order valence-electron chi connectivity index (χ1n) is 6.94. The van der Waals surface area contributed by atoms with Crippen molar-refractivity contribution in [2.24, 2.45) is 0 Å². The summed E-state index contributed by atoms with van der Waals surface area (Å²) in [6.07, 6.45) is -1.06. The van der Waals surface area contributed by atoms with Gasteiger partial charge in [-0.2, -0.15) is 0 Å². The summed E-state index contributed by atoms with van der Waals surface area (Å²) >= 11 is 0. The molecule has 0 saturated carbocycles. The van der Waals surface area contributed by atoms with Gasteiger partial charge < -0.3 is 14.2 Å². The molecular weight excluding hydrogens is 278 g/mol. The molecule has 7 nitrogen and oxygen atoms in total. The lowest BCUT2D eigenvalue weighted by molar-refractivity contribution is -0.186. The van der Waals surface area contributed by atoms with E-state index in [1.165, 1.54) is 18.7 Å². The first kappa shape index (κ1) is 17.3. The van der Waals surface area contributed by atoms with E-state index in [1.54, 1.807) is 20.8 Å². The average molecular weight is 301 g/mol. The largest absolute Gasteiger partial charge is 0.456 e. The fourth-order valence-electron chi connectivity index (χ4n) is 2.09. The zero-order chi connectivity index (χ0) is 16.2. The molecule has 7 heteroatoms. The Bertz CT molecular complexity index is 414. The summed E-state index contributed by atoms with van der Waals surface area (Å²) in [5.74, 6) is -1.03. The molecule has 1 heterocycles. The molecule has 1 fully saturated rings. The van der Waals surface area contributed by atoms with E-state index in [4.69, 9.17) is 14.2 Å². The highest BCUT2D eigenvalue weighted by Crippen LogP contribution is 2.24. The first-order chi connectivity index (χ1) is 9.60. The molecule has 120 valence electrons. The van der Waals surface area contributed by atoms with Crippen molar-refractivity contribution in [1.29, 1.82) is 0 Å². The van der Waals surface area contributed by atoms with Crippen molar-refractivity contribution in [2.75, 3.05) is 6.54 Å². The van der Waals surface area contributed by atoms with Crippen molar-refractivity contribution in [3.8, 4) is 0 Å². The molecule has 1 amide bonds. The molecule has 0 radical (unpaired) electrons. The van der Waals surface area contributed by atoms with E-state index < -0.39 is 36.0 Å². The molecule has 1 rings (SSSR count). The average Bonchev–Trinajstić information content (AvgIpc) is 2.27. The highest BCUT2D eigenvalue weighted by molar-refractivity contribution is 5.71. The third-order valence-corrected chi connectivity index (χ3v) is 2.74. The first-order valence-corrected chi connectivity index (χ1v) is 6.94. The van der Waals surface area contributed by atoms with E-state index in [9.17, 15) is 14.4 Å². The van der Waals surface area contributed by atoms with Crippen LogP contribution in [0.1, 0.15) is 47.5 Å². The van der Waals surface area contributed by atoms with Crippen LogP contribution in [0.3, 0.4) is 0 Å². The Balaban J connectivity index is 2.89. The van der Waals surface area contributed by atoms with Gasteiger partial charge in [0, 0.05) is 20.4 Å². The summed E-state index contributed by atoms with van der Waals surface area (Å²) < 4.78 is 15.6. The fraction of sp³-hybridized carbons (Fsp3) is 0.786. The van der Waals surface area contributed by atoms with Gasteiger partial charge in [-0.15, -0.1) is 0 Å². The molecule has 0 aromatic rings. The van der Waals surface area contributed by atoms with Gasteiger partial charge in [0.05, 0.1) is 0 Å². The number of carbonyl (C=O) groups is 3. The van der Waals surface area contributed by atoms with Crippen molar-refractivity contribution < 1.29 is 28.6 Å². The maximum Gasteiger partial charge on any atom is 0.413 e. The summed E-state index contributed by atoms with van der Waals surface area (Å²) in [6.45, 7) is 8.15. The number of ether oxygens (including phenoxy) is 3. The molecule has 1 aliphatic heterocycles. The van der Waals surface area contributed by atoms with E-state index in [-0.39, 0.29) is 0 Å². The number of nitrogens with zero attached hydrogens (tertiary/aromatic N) is 1. The van der Waals surface area contributed by atoms with E-state index in [0.717, 1.165) is 0 Å². The van der Waals surface area contributed by atoms with E-state index in [2.05, 4.69) is 0 Å².